The predicted molar refractivity (Wildman–Crippen MR) is 93.4 cm³/mol. The fourth-order valence-corrected chi connectivity index (χ4v) is 2.49. The van der Waals surface area contributed by atoms with Crippen molar-refractivity contribution in [1.29, 1.82) is 0 Å². The van der Waals surface area contributed by atoms with Gasteiger partial charge in [0.2, 0.25) is 11.7 Å². The standard InChI is InChI=1S/C15H20N4O.2ClH/c1-19(2)13-7-5-11(6-8-13)14-17-15(20-18-14)12-4-3-9-16-10-12;;/h5-8,12,16H,3-4,9-10H2,1-2H3;2*1H/t12-;;/m0../s1. The van der Waals surface area contributed by atoms with Crippen LogP contribution in [0.15, 0.2) is 28.8 Å². The molecule has 1 aromatic carbocycles. The van der Waals surface area contributed by atoms with E-state index in [0.717, 1.165) is 36.7 Å². The van der Waals surface area contributed by atoms with Crippen molar-refractivity contribution in [2.45, 2.75) is 18.8 Å². The van der Waals surface area contributed by atoms with Crippen molar-refractivity contribution in [2.75, 3.05) is 32.1 Å². The minimum atomic E-state index is 0. The van der Waals surface area contributed by atoms with Crippen LogP contribution in [0.5, 0.6) is 0 Å². The molecule has 1 aromatic heterocycles. The number of nitrogens with zero attached hydrogens (tertiary/aromatic N) is 3. The van der Waals surface area contributed by atoms with Gasteiger partial charge in [0.05, 0.1) is 5.92 Å². The molecule has 1 N–H and O–H groups in total. The molecular formula is C15H22Cl2N4O. The van der Waals surface area contributed by atoms with E-state index in [-0.39, 0.29) is 24.8 Å². The maximum atomic E-state index is 5.42. The average Bonchev–Trinajstić information content (AvgIpc) is 2.98. The second kappa shape index (κ2) is 8.36. The average molecular weight is 345 g/mol. The van der Waals surface area contributed by atoms with Gasteiger partial charge in [-0.1, -0.05) is 5.16 Å². The lowest BCUT2D eigenvalue weighted by molar-refractivity contribution is 0.322. The van der Waals surface area contributed by atoms with Crippen LogP contribution in [0, 0.1) is 0 Å². The summed E-state index contributed by atoms with van der Waals surface area (Å²) in [5.74, 6) is 1.78. The molecule has 1 atom stereocenters. The molecule has 0 aliphatic carbocycles. The third kappa shape index (κ3) is 4.12. The third-order valence-electron chi connectivity index (χ3n) is 3.73. The summed E-state index contributed by atoms with van der Waals surface area (Å²) in [6.45, 7) is 2.02. The van der Waals surface area contributed by atoms with E-state index in [4.69, 9.17) is 4.52 Å². The number of aromatic nitrogens is 2. The lowest BCUT2D eigenvalue weighted by atomic mass is 10.00. The first-order valence-corrected chi connectivity index (χ1v) is 7.06. The maximum absolute atomic E-state index is 5.42. The van der Waals surface area contributed by atoms with Crippen molar-refractivity contribution >= 4 is 30.5 Å². The summed E-state index contributed by atoms with van der Waals surface area (Å²) in [6, 6.07) is 8.19. The second-order valence-corrected chi connectivity index (χ2v) is 5.44. The monoisotopic (exact) mass is 344 g/mol. The number of hydrogen-bond donors (Lipinski definition) is 1. The summed E-state index contributed by atoms with van der Waals surface area (Å²) >= 11 is 0. The van der Waals surface area contributed by atoms with Crippen LogP contribution in [-0.4, -0.2) is 37.3 Å². The van der Waals surface area contributed by atoms with Crippen molar-refractivity contribution < 1.29 is 4.52 Å². The van der Waals surface area contributed by atoms with Gasteiger partial charge in [-0.15, -0.1) is 24.8 Å². The number of hydrogen-bond acceptors (Lipinski definition) is 5. The molecule has 1 saturated heterocycles. The van der Waals surface area contributed by atoms with E-state index in [0.29, 0.717) is 11.7 Å². The zero-order valence-electron chi connectivity index (χ0n) is 12.8. The van der Waals surface area contributed by atoms with Gasteiger partial charge in [-0.2, -0.15) is 4.98 Å². The molecule has 122 valence electrons. The highest BCUT2D eigenvalue weighted by molar-refractivity contribution is 5.85. The number of benzene rings is 1. The Morgan fingerprint density at radius 2 is 1.91 bits per heavy atom. The minimum Gasteiger partial charge on any atom is -0.378 e. The van der Waals surface area contributed by atoms with Crippen molar-refractivity contribution in [3.05, 3.63) is 30.2 Å². The third-order valence-corrected chi connectivity index (χ3v) is 3.73. The first-order valence-electron chi connectivity index (χ1n) is 7.06. The molecule has 1 aliphatic heterocycles. The van der Waals surface area contributed by atoms with Crippen LogP contribution in [0.25, 0.3) is 11.4 Å². The van der Waals surface area contributed by atoms with Crippen molar-refractivity contribution in [3.8, 4) is 11.4 Å². The van der Waals surface area contributed by atoms with Crippen molar-refractivity contribution in [2.24, 2.45) is 0 Å². The number of piperidine rings is 1. The van der Waals surface area contributed by atoms with Crippen LogP contribution in [0.2, 0.25) is 0 Å². The van der Waals surface area contributed by atoms with Crippen LogP contribution in [0.4, 0.5) is 5.69 Å². The highest BCUT2D eigenvalue weighted by atomic mass is 35.5. The highest BCUT2D eigenvalue weighted by Crippen LogP contribution is 2.25. The summed E-state index contributed by atoms with van der Waals surface area (Å²) in [4.78, 5) is 6.62. The van der Waals surface area contributed by atoms with Crippen LogP contribution in [0.1, 0.15) is 24.7 Å². The summed E-state index contributed by atoms with van der Waals surface area (Å²) in [7, 11) is 4.05. The van der Waals surface area contributed by atoms with Gasteiger partial charge in [-0.05, 0) is 43.7 Å². The van der Waals surface area contributed by atoms with Gasteiger partial charge in [0.15, 0.2) is 0 Å². The fraction of sp³-hybridized carbons (Fsp3) is 0.467. The zero-order valence-corrected chi connectivity index (χ0v) is 14.4. The SMILES string of the molecule is CN(C)c1ccc(-c2noc([C@H]3CCCNC3)n2)cc1.Cl.Cl. The fourth-order valence-electron chi connectivity index (χ4n) is 2.49. The molecule has 3 rings (SSSR count). The van der Waals surface area contributed by atoms with E-state index in [1.807, 2.05) is 26.2 Å². The van der Waals surface area contributed by atoms with Crippen molar-refractivity contribution in [1.82, 2.24) is 15.5 Å². The minimum absolute atomic E-state index is 0. The van der Waals surface area contributed by atoms with E-state index in [2.05, 4.69) is 32.5 Å². The Labute approximate surface area is 143 Å². The molecule has 0 amide bonds. The molecule has 7 heteroatoms. The van der Waals surface area contributed by atoms with E-state index < -0.39 is 0 Å². The Morgan fingerprint density at radius 1 is 1.18 bits per heavy atom. The van der Waals surface area contributed by atoms with Gasteiger partial charge in [-0.3, -0.25) is 0 Å². The van der Waals surface area contributed by atoms with E-state index >= 15 is 0 Å². The van der Waals surface area contributed by atoms with Gasteiger partial charge < -0.3 is 14.7 Å². The Morgan fingerprint density at radius 3 is 2.50 bits per heavy atom. The Balaban J connectivity index is 0.00000121. The molecule has 0 spiro atoms. The first-order chi connectivity index (χ1) is 9.74. The van der Waals surface area contributed by atoms with Crippen LogP contribution < -0.4 is 10.2 Å². The summed E-state index contributed by atoms with van der Waals surface area (Å²) in [5.41, 5.74) is 2.16. The van der Waals surface area contributed by atoms with Crippen LogP contribution in [0.3, 0.4) is 0 Å². The predicted octanol–water partition coefficient (Wildman–Crippen LogP) is 3.11. The molecule has 0 saturated carbocycles. The zero-order chi connectivity index (χ0) is 13.9. The largest absolute Gasteiger partial charge is 0.378 e. The van der Waals surface area contributed by atoms with Crippen LogP contribution in [-0.2, 0) is 0 Å². The maximum Gasteiger partial charge on any atom is 0.231 e. The number of halogens is 2. The molecule has 2 aromatic rings. The van der Waals surface area contributed by atoms with Gasteiger partial charge in [-0.25, -0.2) is 0 Å². The van der Waals surface area contributed by atoms with Crippen LogP contribution >= 0.6 is 24.8 Å². The Kier molecular flexibility index (Phi) is 7.13. The summed E-state index contributed by atoms with van der Waals surface area (Å²) in [6.07, 6.45) is 2.29. The molecule has 2 heterocycles. The quantitative estimate of drug-likeness (QED) is 0.926. The summed E-state index contributed by atoms with van der Waals surface area (Å²) in [5, 5.41) is 7.48. The van der Waals surface area contributed by atoms with E-state index in [1.165, 1.54) is 6.42 Å². The molecule has 0 unspecified atom stereocenters. The van der Waals surface area contributed by atoms with Crippen molar-refractivity contribution in [3.63, 3.8) is 0 Å². The Hall–Kier alpha value is -1.30. The van der Waals surface area contributed by atoms with Gasteiger partial charge in [0, 0.05) is 31.9 Å². The first kappa shape index (κ1) is 18.7. The van der Waals surface area contributed by atoms with E-state index in [1.54, 1.807) is 0 Å². The van der Waals surface area contributed by atoms with Gasteiger partial charge >= 0.3 is 0 Å². The second-order valence-electron chi connectivity index (χ2n) is 5.44. The normalized spacial score (nSPS) is 17.3. The number of nitrogens with one attached hydrogen (secondary N) is 1. The Bertz CT molecular complexity index is 565. The van der Waals surface area contributed by atoms with Gasteiger partial charge in [0.1, 0.15) is 0 Å². The summed E-state index contributed by atoms with van der Waals surface area (Å²) < 4.78 is 5.42. The topological polar surface area (TPSA) is 54.2 Å². The van der Waals surface area contributed by atoms with Gasteiger partial charge in [0.25, 0.3) is 0 Å². The molecule has 1 fully saturated rings. The molecule has 0 radical (unpaired) electrons. The molecule has 0 bridgehead atoms. The molecule has 1 aliphatic rings. The van der Waals surface area contributed by atoms with E-state index in [9.17, 15) is 0 Å². The molecular weight excluding hydrogens is 323 g/mol. The highest BCUT2D eigenvalue weighted by Gasteiger charge is 2.21. The molecule has 5 nitrogen and oxygen atoms in total. The smallest absolute Gasteiger partial charge is 0.231 e. The lowest BCUT2D eigenvalue weighted by Gasteiger charge is -2.18. The number of anilines is 1. The number of rotatable bonds is 3. The molecule has 22 heavy (non-hydrogen) atoms. The lowest BCUT2D eigenvalue weighted by Crippen LogP contribution is -2.28.